The second-order valence-electron chi connectivity index (χ2n) is 7.08. The van der Waals surface area contributed by atoms with Crippen LogP contribution in [0.1, 0.15) is 33.1 Å². The average Bonchev–Trinajstić information content (AvgIpc) is 2.66. The lowest BCUT2D eigenvalue weighted by molar-refractivity contribution is -0.144. The van der Waals surface area contributed by atoms with Crippen LogP contribution in [0.3, 0.4) is 0 Å². The third-order valence-electron chi connectivity index (χ3n) is 4.09. The van der Waals surface area contributed by atoms with E-state index in [4.69, 9.17) is 26.8 Å². The van der Waals surface area contributed by atoms with Crippen LogP contribution in [0.15, 0.2) is 0 Å². The van der Waals surface area contributed by atoms with Gasteiger partial charge in [-0.1, -0.05) is 13.8 Å². The largest absolute Gasteiger partial charge is 0.481 e. The Kier molecular flexibility index (Phi) is 11.7. The minimum absolute atomic E-state index is 0.0601. The van der Waals surface area contributed by atoms with Crippen molar-refractivity contribution in [3.8, 4) is 0 Å². The van der Waals surface area contributed by atoms with E-state index in [2.05, 4.69) is 10.6 Å². The maximum atomic E-state index is 12.6. The third kappa shape index (κ3) is 10.4. The Bertz CT molecular complexity index is 697. The summed E-state index contributed by atoms with van der Waals surface area (Å²) in [5, 5.41) is 33.3. The number of aliphatic hydroxyl groups is 1. The molecule has 14 heteroatoms. The van der Waals surface area contributed by atoms with Crippen molar-refractivity contribution in [2.45, 2.75) is 57.3 Å². The van der Waals surface area contributed by atoms with E-state index in [0.29, 0.717) is 0 Å². The Morgan fingerprint density at radius 2 is 1.42 bits per heavy atom. The molecular formula is C17H29N5O9. The van der Waals surface area contributed by atoms with Gasteiger partial charge in [0.15, 0.2) is 0 Å². The van der Waals surface area contributed by atoms with Gasteiger partial charge in [0.25, 0.3) is 0 Å². The molecule has 0 saturated heterocycles. The van der Waals surface area contributed by atoms with E-state index in [1.54, 1.807) is 13.8 Å². The molecular weight excluding hydrogens is 418 g/mol. The Morgan fingerprint density at radius 3 is 1.84 bits per heavy atom. The van der Waals surface area contributed by atoms with Gasteiger partial charge in [-0.25, -0.2) is 4.79 Å². The van der Waals surface area contributed by atoms with Crippen LogP contribution in [0, 0.1) is 5.92 Å². The second-order valence-corrected chi connectivity index (χ2v) is 7.08. The van der Waals surface area contributed by atoms with Gasteiger partial charge in [-0.3, -0.25) is 24.0 Å². The second kappa shape index (κ2) is 13.1. The lowest BCUT2D eigenvalue weighted by Crippen LogP contribution is -2.59. The van der Waals surface area contributed by atoms with Crippen LogP contribution in [0.5, 0.6) is 0 Å². The number of carboxylic acid groups (broad SMARTS) is 2. The standard InChI is InChI=1S/C17H29N5O9/c1-7(2)13(22-14(27)8(18)3-4-11(19)24)16(29)20-9(5-12(25)26)15(28)21-10(6-23)17(30)31/h7-10,13,23H,3-6,18H2,1-2H3,(H2,19,24)(H,20,29)(H,21,28)(H,22,27)(H,25,26)(H,30,31). The zero-order valence-corrected chi connectivity index (χ0v) is 17.2. The van der Waals surface area contributed by atoms with Gasteiger partial charge in [-0.05, 0) is 12.3 Å². The number of carboxylic acids is 2. The lowest BCUT2D eigenvalue weighted by Gasteiger charge is -2.26. The van der Waals surface area contributed by atoms with E-state index >= 15 is 0 Å². The highest BCUT2D eigenvalue weighted by molar-refractivity contribution is 5.95. The van der Waals surface area contributed by atoms with Gasteiger partial charge < -0.3 is 42.7 Å². The van der Waals surface area contributed by atoms with Gasteiger partial charge in [0, 0.05) is 6.42 Å². The first-order valence-electron chi connectivity index (χ1n) is 9.30. The van der Waals surface area contributed by atoms with Crippen LogP contribution < -0.4 is 27.4 Å². The molecule has 0 aliphatic carbocycles. The first kappa shape index (κ1) is 27.7. The maximum absolute atomic E-state index is 12.6. The van der Waals surface area contributed by atoms with Crippen LogP contribution in [-0.4, -0.2) is 81.7 Å². The fraction of sp³-hybridized carbons (Fsp3) is 0.647. The van der Waals surface area contributed by atoms with Gasteiger partial charge in [0.1, 0.15) is 18.1 Å². The molecule has 0 aliphatic heterocycles. The number of carbonyl (C=O) groups excluding carboxylic acids is 4. The normalized spacial score (nSPS) is 14.6. The molecule has 0 aromatic heterocycles. The summed E-state index contributed by atoms with van der Waals surface area (Å²) in [6, 6.07) is -5.74. The molecule has 31 heavy (non-hydrogen) atoms. The third-order valence-corrected chi connectivity index (χ3v) is 4.09. The number of aliphatic carboxylic acids is 2. The molecule has 0 radical (unpaired) electrons. The molecule has 0 rings (SSSR count). The molecule has 0 saturated carbocycles. The molecule has 10 N–H and O–H groups in total. The van der Waals surface area contributed by atoms with Crippen LogP contribution in [0.2, 0.25) is 0 Å². The minimum atomic E-state index is -1.70. The van der Waals surface area contributed by atoms with Crippen molar-refractivity contribution in [3.63, 3.8) is 0 Å². The topological polar surface area (TPSA) is 251 Å². The molecule has 176 valence electrons. The van der Waals surface area contributed by atoms with E-state index in [-0.39, 0.29) is 12.8 Å². The molecule has 14 nitrogen and oxygen atoms in total. The Hall–Kier alpha value is -3.26. The number of primary amides is 1. The number of rotatable bonds is 14. The summed E-state index contributed by atoms with van der Waals surface area (Å²) in [5.41, 5.74) is 10.7. The molecule has 0 spiro atoms. The molecule has 0 fully saturated rings. The summed E-state index contributed by atoms with van der Waals surface area (Å²) in [6.07, 6.45) is -1.09. The molecule has 0 heterocycles. The zero-order valence-electron chi connectivity index (χ0n) is 17.2. The van der Waals surface area contributed by atoms with Gasteiger partial charge >= 0.3 is 11.9 Å². The number of nitrogens with one attached hydrogen (secondary N) is 3. The lowest BCUT2D eigenvalue weighted by atomic mass is 10.0. The first-order chi connectivity index (χ1) is 14.3. The molecule has 0 bridgehead atoms. The monoisotopic (exact) mass is 447 g/mol. The van der Waals surface area contributed by atoms with Crippen molar-refractivity contribution in [2.24, 2.45) is 17.4 Å². The van der Waals surface area contributed by atoms with E-state index < -0.39 is 78.7 Å². The predicted molar refractivity (Wildman–Crippen MR) is 104 cm³/mol. The summed E-state index contributed by atoms with van der Waals surface area (Å²) in [6.45, 7) is 2.18. The maximum Gasteiger partial charge on any atom is 0.328 e. The quantitative estimate of drug-likeness (QED) is 0.129. The van der Waals surface area contributed by atoms with E-state index in [0.717, 1.165) is 0 Å². The van der Waals surface area contributed by atoms with Gasteiger partial charge in [0.2, 0.25) is 23.6 Å². The molecule has 4 atom stereocenters. The van der Waals surface area contributed by atoms with Crippen LogP contribution >= 0.6 is 0 Å². The van der Waals surface area contributed by atoms with Crippen LogP contribution in [0.25, 0.3) is 0 Å². The van der Waals surface area contributed by atoms with Crippen LogP contribution in [-0.2, 0) is 28.8 Å². The van der Waals surface area contributed by atoms with Crippen molar-refractivity contribution in [2.75, 3.05) is 6.61 Å². The number of aliphatic hydroxyl groups excluding tert-OH is 1. The summed E-state index contributed by atoms with van der Waals surface area (Å²) in [5.74, 6) is -7.02. The Balaban J connectivity index is 5.33. The minimum Gasteiger partial charge on any atom is -0.481 e. The van der Waals surface area contributed by atoms with Gasteiger partial charge in [0.05, 0.1) is 19.1 Å². The van der Waals surface area contributed by atoms with Gasteiger partial charge in [-0.2, -0.15) is 0 Å². The highest BCUT2D eigenvalue weighted by Gasteiger charge is 2.32. The summed E-state index contributed by atoms with van der Waals surface area (Å²) >= 11 is 0. The predicted octanol–water partition coefficient (Wildman–Crippen LogP) is -3.76. The van der Waals surface area contributed by atoms with Crippen molar-refractivity contribution >= 4 is 35.6 Å². The fourth-order valence-electron chi connectivity index (χ4n) is 2.33. The van der Waals surface area contributed by atoms with Gasteiger partial charge in [-0.15, -0.1) is 0 Å². The summed E-state index contributed by atoms with van der Waals surface area (Å²) in [4.78, 5) is 69.9. The molecule has 0 aromatic carbocycles. The van der Waals surface area contributed by atoms with Crippen molar-refractivity contribution in [1.29, 1.82) is 0 Å². The van der Waals surface area contributed by atoms with Crippen molar-refractivity contribution in [3.05, 3.63) is 0 Å². The number of amides is 4. The number of hydrogen-bond donors (Lipinski definition) is 8. The number of nitrogens with two attached hydrogens (primary N) is 2. The smallest absolute Gasteiger partial charge is 0.328 e. The highest BCUT2D eigenvalue weighted by atomic mass is 16.4. The molecule has 0 aromatic rings. The fourth-order valence-corrected chi connectivity index (χ4v) is 2.33. The van der Waals surface area contributed by atoms with Crippen LogP contribution in [0.4, 0.5) is 0 Å². The summed E-state index contributed by atoms with van der Waals surface area (Å²) < 4.78 is 0. The van der Waals surface area contributed by atoms with E-state index in [1.807, 2.05) is 5.32 Å². The molecule has 0 aliphatic rings. The Labute approximate surface area is 177 Å². The molecule has 4 amide bonds. The molecule has 4 unspecified atom stereocenters. The number of hydrogen-bond acceptors (Lipinski definition) is 8. The van der Waals surface area contributed by atoms with Crippen molar-refractivity contribution < 1.29 is 44.1 Å². The van der Waals surface area contributed by atoms with E-state index in [1.165, 1.54) is 0 Å². The van der Waals surface area contributed by atoms with E-state index in [9.17, 15) is 28.8 Å². The first-order valence-corrected chi connectivity index (χ1v) is 9.30. The van der Waals surface area contributed by atoms with Crippen molar-refractivity contribution in [1.82, 2.24) is 16.0 Å². The summed E-state index contributed by atoms with van der Waals surface area (Å²) in [7, 11) is 0. The number of carbonyl (C=O) groups is 6. The zero-order chi connectivity index (χ0) is 24.3. The SMILES string of the molecule is CC(C)C(NC(=O)C(N)CCC(N)=O)C(=O)NC(CC(=O)O)C(=O)NC(CO)C(=O)O. The highest BCUT2D eigenvalue weighted by Crippen LogP contribution is 2.06. The Morgan fingerprint density at radius 1 is 0.871 bits per heavy atom. The average molecular weight is 447 g/mol.